The SMILES string of the molecule is COc1ccc(OC)c(N(CC(=O)N(Cc2ccc(Cl)cc2Cl)[C@@H](Cc2ccccc2)C(=O)NC2CCCCC2)S(C)(=O)=O)c1. The number of carbonyl (C=O) groups is 2. The van der Waals surface area contributed by atoms with Crippen LogP contribution in [0, 0.1) is 0 Å². The minimum Gasteiger partial charge on any atom is -0.497 e. The number of anilines is 1. The van der Waals surface area contributed by atoms with Gasteiger partial charge in [0.15, 0.2) is 0 Å². The lowest BCUT2D eigenvalue weighted by molar-refractivity contribution is -0.140. The van der Waals surface area contributed by atoms with Gasteiger partial charge in [0, 0.05) is 35.1 Å². The van der Waals surface area contributed by atoms with Gasteiger partial charge in [-0.1, -0.05) is 78.9 Å². The molecule has 0 unspecified atom stereocenters. The van der Waals surface area contributed by atoms with E-state index >= 15 is 0 Å². The first kappa shape index (κ1) is 34.4. The second kappa shape index (κ2) is 15.7. The second-order valence-electron chi connectivity index (χ2n) is 11.1. The zero-order valence-electron chi connectivity index (χ0n) is 25.7. The maximum atomic E-state index is 14.4. The van der Waals surface area contributed by atoms with Gasteiger partial charge in [-0.25, -0.2) is 8.42 Å². The third-order valence-electron chi connectivity index (χ3n) is 7.91. The first-order valence-corrected chi connectivity index (χ1v) is 17.4. The van der Waals surface area contributed by atoms with Crippen LogP contribution in [-0.4, -0.2) is 64.2 Å². The summed E-state index contributed by atoms with van der Waals surface area (Å²) in [5.74, 6) is -0.298. The van der Waals surface area contributed by atoms with Crippen LogP contribution >= 0.6 is 23.2 Å². The molecule has 2 amide bonds. The highest BCUT2D eigenvalue weighted by Gasteiger charge is 2.35. The van der Waals surface area contributed by atoms with Crippen molar-refractivity contribution in [3.63, 3.8) is 0 Å². The molecular weight excluding hydrogens is 637 g/mol. The Bertz CT molecular complexity index is 1580. The summed E-state index contributed by atoms with van der Waals surface area (Å²) < 4.78 is 38.2. The van der Waals surface area contributed by atoms with Gasteiger partial charge in [-0.05, 0) is 48.2 Å². The molecule has 0 spiro atoms. The predicted octanol–water partition coefficient (Wildman–Crippen LogP) is 5.87. The highest BCUT2D eigenvalue weighted by Crippen LogP contribution is 2.34. The summed E-state index contributed by atoms with van der Waals surface area (Å²) in [6, 6.07) is 18.0. The lowest BCUT2D eigenvalue weighted by Gasteiger charge is -2.35. The molecule has 3 aromatic rings. The minimum absolute atomic E-state index is 0.00541. The zero-order chi connectivity index (χ0) is 32.6. The summed E-state index contributed by atoms with van der Waals surface area (Å²) in [5.41, 5.74) is 1.53. The van der Waals surface area contributed by atoms with Crippen molar-refractivity contribution >= 4 is 50.7 Å². The van der Waals surface area contributed by atoms with Gasteiger partial charge in [-0.15, -0.1) is 0 Å². The number of halogens is 2. The second-order valence-corrected chi connectivity index (χ2v) is 13.9. The van der Waals surface area contributed by atoms with Gasteiger partial charge in [-0.3, -0.25) is 13.9 Å². The molecule has 0 saturated heterocycles. The Morgan fingerprint density at radius 2 is 1.67 bits per heavy atom. The number of hydrogen-bond acceptors (Lipinski definition) is 6. The number of carbonyl (C=O) groups excluding carboxylic acids is 2. The first-order valence-electron chi connectivity index (χ1n) is 14.8. The van der Waals surface area contributed by atoms with Crippen LogP contribution in [0.2, 0.25) is 10.0 Å². The number of ether oxygens (including phenoxy) is 2. The highest BCUT2D eigenvalue weighted by molar-refractivity contribution is 7.92. The van der Waals surface area contributed by atoms with Crippen molar-refractivity contribution in [1.29, 1.82) is 0 Å². The Morgan fingerprint density at radius 1 is 0.956 bits per heavy atom. The van der Waals surface area contributed by atoms with Crippen molar-refractivity contribution in [2.24, 2.45) is 0 Å². The Kier molecular flexibility index (Phi) is 12.0. The van der Waals surface area contributed by atoms with Gasteiger partial charge in [0.25, 0.3) is 0 Å². The lowest BCUT2D eigenvalue weighted by Crippen LogP contribution is -2.55. The number of hydrogen-bond donors (Lipinski definition) is 1. The van der Waals surface area contributed by atoms with Crippen molar-refractivity contribution in [3.8, 4) is 11.5 Å². The van der Waals surface area contributed by atoms with Gasteiger partial charge < -0.3 is 19.7 Å². The van der Waals surface area contributed by atoms with Gasteiger partial charge in [-0.2, -0.15) is 0 Å². The summed E-state index contributed by atoms with van der Waals surface area (Å²) in [5, 5.41) is 3.92. The van der Waals surface area contributed by atoms with E-state index in [2.05, 4.69) is 5.32 Å². The van der Waals surface area contributed by atoms with Crippen molar-refractivity contribution in [2.45, 2.75) is 57.2 Å². The molecule has 242 valence electrons. The Labute approximate surface area is 275 Å². The van der Waals surface area contributed by atoms with E-state index in [0.29, 0.717) is 21.4 Å². The van der Waals surface area contributed by atoms with Crippen LogP contribution in [0.15, 0.2) is 66.7 Å². The summed E-state index contributed by atoms with van der Waals surface area (Å²) >= 11 is 12.7. The Balaban J connectivity index is 1.78. The van der Waals surface area contributed by atoms with Gasteiger partial charge in [0.2, 0.25) is 21.8 Å². The molecule has 1 N–H and O–H groups in total. The number of methoxy groups -OCH3 is 2. The first-order chi connectivity index (χ1) is 21.5. The summed E-state index contributed by atoms with van der Waals surface area (Å²) in [6.45, 7) is -0.660. The smallest absolute Gasteiger partial charge is 0.244 e. The molecule has 0 aliphatic heterocycles. The summed E-state index contributed by atoms with van der Waals surface area (Å²) in [4.78, 5) is 29.9. The van der Waals surface area contributed by atoms with Crippen LogP contribution in [0.5, 0.6) is 11.5 Å². The van der Waals surface area contributed by atoms with Crippen molar-refractivity contribution in [2.75, 3.05) is 31.3 Å². The van der Waals surface area contributed by atoms with Crippen molar-refractivity contribution < 1.29 is 27.5 Å². The molecule has 0 heterocycles. The fraction of sp³-hybridized carbons (Fsp3) is 0.394. The quantitative estimate of drug-likeness (QED) is 0.243. The van der Waals surface area contributed by atoms with E-state index in [9.17, 15) is 18.0 Å². The number of nitrogens with zero attached hydrogens (tertiary/aromatic N) is 2. The fourth-order valence-corrected chi connectivity index (χ4v) is 6.83. The standard InChI is InChI=1S/C33H39Cl2N3O6S/c1-43-27-16-17-31(44-2)29(20-27)38(45(3,41)42)22-32(39)37(21-24-14-15-25(34)19-28(24)35)30(18-23-10-6-4-7-11-23)33(40)36-26-12-8-5-9-13-26/h4,6-7,10-11,14-17,19-20,26,30H,5,8-9,12-13,18,21-22H2,1-3H3,(H,36,40)/t30-/m0/s1. The zero-order valence-corrected chi connectivity index (χ0v) is 28.0. The molecule has 12 heteroatoms. The van der Waals surface area contributed by atoms with E-state index in [1.165, 1.54) is 25.2 Å². The predicted molar refractivity (Wildman–Crippen MR) is 178 cm³/mol. The molecule has 45 heavy (non-hydrogen) atoms. The van der Waals surface area contributed by atoms with Crippen LogP contribution in [0.3, 0.4) is 0 Å². The largest absolute Gasteiger partial charge is 0.497 e. The van der Waals surface area contributed by atoms with Crippen molar-refractivity contribution in [3.05, 3.63) is 87.9 Å². The van der Waals surface area contributed by atoms with Gasteiger partial charge in [0.05, 0.1) is 26.2 Å². The third kappa shape index (κ3) is 9.28. The Morgan fingerprint density at radius 3 is 2.29 bits per heavy atom. The van der Waals surface area contributed by atoms with Gasteiger partial charge in [0.1, 0.15) is 24.1 Å². The van der Waals surface area contributed by atoms with E-state index in [1.807, 2.05) is 30.3 Å². The molecule has 1 fully saturated rings. The summed E-state index contributed by atoms with van der Waals surface area (Å²) in [7, 11) is -1.14. The van der Waals surface area contributed by atoms with Crippen molar-refractivity contribution in [1.82, 2.24) is 10.2 Å². The molecule has 1 atom stereocenters. The number of rotatable bonds is 13. The normalized spacial score (nSPS) is 14.3. The summed E-state index contributed by atoms with van der Waals surface area (Å²) in [6.07, 6.45) is 6.09. The van der Waals surface area contributed by atoms with Crippen LogP contribution in [0.4, 0.5) is 5.69 Å². The molecule has 1 saturated carbocycles. The van der Waals surface area contributed by atoms with Crippen LogP contribution in [0.25, 0.3) is 0 Å². The van der Waals surface area contributed by atoms with E-state index in [0.717, 1.165) is 48.2 Å². The average Bonchev–Trinajstić information content (AvgIpc) is 3.02. The molecular formula is C33H39Cl2N3O6S. The molecule has 1 aliphatic carbocycles. The lowest BCUT2D eigenvalue weighted by atomic mass is 9.94. The minimum atomic E-state index is -4.01. The molecule has 9 nitrogen and oxygen atoms in total. The van der Waals surface area contributed by atoms with Crippen LogP contribution in [-0.2, 0) is 32.6 Å². The number of sulfonamides is 1. The fourth-order valence-electron chi connectivity index (χ4n) is 5.52. The topological polar surface area (TPSA) is 105 Å². The Hall–Kier alpha value is -3.47. The molecule has 0 bridgehead atoms. The monoisotopic (exact) mass is 675 g/mol. The molecule has 3 aromatic carbocycles. The van der Waals surface area contributed by atoms with Crippen LogP contribution < -0.4 is 19.1 Å². The van der Waals surface area contributed by atoms with Crippen LogP contribution in [0.1, 0.15) is 43.2 Å². The molecule has 1 aliphatic rings. The molecule has 0 radical (unpaired) electrons. The number of amides is 2. The third-order valence-corrected chi connectivity index (χ3v) is 9.63. The maximum Gasteiger partial charge on any atom is 0.244 e. The average molecular weight is 677 g/mol. The van der Waals surface area contributed by atoms with E-state index in [4.69, 9.17) is 32.7 Å². The number of benzene rings is 3. The van der Waals surface area contributed by atoms with E-state index in [1.54, 1.807) is 30.3 Å². The molecule has 4 rings (SSSR count). The highest BCUT2D eigenvalue weighted by atomic mass is 35.5. The van der Waals surface area contributed by atoms with E-state index < -0.39 is 28.5 Å². The number of nitrogens with one attached hydrogen (secondary N) is 1. The maximum absolute atomic E-state index is 14.4. The molecule has 0 aromatic heterocycles. The van der Waals surface area contributed by atoms with E-state index in [-0.39, 0.29) is 36.4 Å². The van der Waals surface area contributed by atoms with Gasteiger partial charge >= 0.3 is 0 Å².